The van der Waals surface area contributed by atoms with Gasteiger partial charge in [0.1, 0.15) is 11.5 Å². The standard InChI is InChI=1S/C29H30N4O6/c1-17-8-7-13-32(16-17)22-12-11-19(14-20(22)27(34)35)33-25(29(37)39-3)24(28(36)38-2)23(21(15-30)26(33)31)18-9-5-4-6-10-18/h4-6,9-12,14,17,23H,7-8,13,16,31H2,1-3H3,(H,34,35). The highest BCUT2D eigenvalue weighted by Gasteiger charge is 2.43. The summed E-state index contributed by atoms with van der Waals surface area (Å²) in [5, 5.41) is 20.3. The van der Waals surface area contributed by atoms with Crippen molar-refractivity contribution in [3.05, 3.63) is 82.3 Å². The Kier molecular flexibility index (Phi) is 7.91. The van der Waals surface area contributed by atoms with Gasteiger partial charge in [0.05, 0.1) is 48.6 Å². The molecule has 3 N–H and O–H groups in total. The normalized spacial score (nSPS) is 19.4. The molecule has 0 radical (unpaired) electrons. The maximum atomic E-state index is 13.3. The van der Waals surface area contributed by atoms with Gasteiger partial charge in [0.2, 0.25) is 0 Å². The van der Waals surface area contributed by atoms with Crippen LogP contribution < -0.4 is 15.5 Å². The molecule has 39 heavy (non-hydrogen) atoms. The lowest BCUT2D eigenvalue weighted by Gasteiger charge is -2.37. The minimum absolute atomic E-state index is 0.0000555. The molecular weight excluding hydrogens is 500 g/mol. The van der Waals surface area contributed by atoms with Crippen LogP contribution in [0.4, 0.5) is 11.4 Å². The van der Waals surface area contributed by atoms with Crippen molar-refractivity contribution in [3.63, 3.8) is 0 Å². The number of carbonyl (C=O) groups is 3. The van der Waals surface area contributed by atoms with E-state index >= 15 is 0 Å². The lowest BCUT2D eigenvalue weighted by molar-refractivity contribution is -0.139. The second-order valence-corrected chi connectivity index (χ2v) is 9.54. The summed E-state index contributed by atoms with van der Waals surface area (Å²) in [6.07, 6.45) is 2.00. The van der Waals surface area contributed by atoms with Gasteiger partial charge in [0, 0.05) is 18.8 Å². The molecule has 2 atom stereocenters. The largest absolute Gasteiger partial charge is 0.478 e. The van der Waals surface area contributed by atoms with E-state index in [1.165, 1.54) is 18.1 Å². The van der Waals surface area contributed by atoms with Crippen molar-refractivity contribution >= 4 is 29.3 Å². The molecule has 0 spiro atoms. The highest BCUT2D eigenvalue weighted by atomic mass is 16.5. The van der Waals surface area contributed by atoms with Crippen LogP contribution in [-0.2, 0) is 19.1 Å². The zero-order valence-corrected chi connectivity index (χ0v) is 22.0. The number of carboxylic acid groups (broad SMARTS) is 1. The van der Waals surface area contributed by atoms with Crippen LogP contribution in [0, 0.1) is 17.2 Å². The number of carbonyl (C=O) groups excluding carboxylic acids is 2. The van der Waals surface area contributed by atoms with E-state index in [2.05, 4.69) is 13.0 Å². The number of rotatable bonds is 6. The number of carboxylic acids is 1. The summed E-state index contributed by atoms with van der Waals surface area (Å²) in [7, 11) is 2.32. The fourth-order valence-corrected chi connectivity index (χ4v) is 5.30. The molecule has 4 rings (SSSR count). The number of hydrogen-bond acceptors (Lipinski definition) is 9. The number of benzene rings is 2. The summed E-state index contributed by atoms with van der Waals surface area (Å²) in [5.74, 6) is -3.65. The van der Waals surface area contributed by atoms with Crippen LogP contribution in [-0.4, -0.2) is 50.3 Å². The number of anilines is 2. The van der Waals surface area contributed by atoms with Gasteiger partial charge in [-0.2, -0.15) is 5.26 Å². The molecule has 10 nitrogen and oxygen atoms in total. The van der Waals surface area contributed by atoms with E-state index in [1.54, 1.807) is 42.5 Å². The molecule has 2 heterocycles. The quantitative estimate of drug-likeness (QED) is 0.532. The van der Waals surface area contributed by atoms with Gasteiger partial charge in [0.15, 0.2) is 0 Å². The lowest BCUT2D eigenvalue weighted by Crippen LogP contribution is -2.41. The second kappa shape index (κ2) is 11.3. The number of nitriles is 1. The molecule has 0 aromatic heterocycles. The summed E-state index contributed by atoms with van der Waals surface area (Å²) >= 11 is 0. The van der Waals surface area contributed by atoms with Crippen LogP contribution in [0.25, 0.3) is 0 Å². The van der Waals surface area contributed by atoms with Crippen molar-refractivity contribution in [1.29, 1.82) is 5.26 Å². The molecule has 0 saturated carbocycles. The Bertz CT molecular complexity index is 1410. The van der Waals surface area contributed by atoms with Crippen LogP contribution in [0.3, 0.4) is 0 Å². The highest BCUT2D eigenvalue weighted by molar-refractivity contribution is 6.07. The fraction of sp³-hybridized carbons (Fsp3) is 0.310. The Balaban J connectivity index is 1.98. The first-order valence-corrected chi connectivity index (χ1v) is 12.5. The molecule has 1 fully saturated rings. The van der Waals surface area contributed by atoms with E-state index in [1.807, 2.05) is 4.90 Å². The lowest BCUT2D eigenvalue weighted by atomic mass is 9.81. The predicted molar refractivity (Wildman–Crippen MR) is 144 cm³/mol. The number of methoxy groups -OCH3 is 2. The van der Waals surface area contributed by atoms with Crippen molar-refractivity contribution < 1.29 is 29.0 Å². The summed E-state index contributed by atoms with van der Waals surface area (Å²) in [6.45, 7) is 3.55. The molecule has 10 heteroatoms. The summed E-state index contributed by atoms with van der Waals surface area (Å²) in [4.78, 5) is 42.1. The van der Waals surface area contributed by atoms with Crippen molar-refractivity contribution in [2.24, 2.45) is 11.7 Å². The smallest absolute Gasteiger partial charge is 0.355 e. The third kappa shape index (κ3) is 5.03. The first-order chi connectivity index (χ1) is 18.7. The molecule has 202 valence electrons. The van der Waals surface area contributed by atoms with Crippen molar-refractivity contribution in [2.75, 3.05) is 37.1 Å². The van der Waals surface area contributed by atoms with Crippen LogP contribution >= 0.6 is 0 Å². The van der Waals surface area contributed by atoms with Gasteiger partial charge < -0.3 is 25.2 Å². The predicted octanol–water partition coefficient (Wildman–Crippen LogP) is 3.52. The molecule has 2 aromatic rings. The first-order valence-electron chi connectivity index (χ1n) is 12.5. The molecule has 0 bridgehead atoms. The molecule has 0 amide bonds. The van der Waals surface area contributed by atoms with Gasteiger partial charge in [0.25, 0.3) is 0 Å². The van der Waals surface area contributed by atoms with Crippen molar-refractivity contribution in [1.82, 2.24) is 0 Å². The number of hydrogen-bond donors (Lipinski definition) is 2. The number of aromatic carboxylic acids is 1. The summed E-state index contributed by atoms with van der Waals surface area (Å²) in [6, 6.07) is 15.4. The van der Waals surface area contributed by atoms with Gasteiger partial charge in [-0.1, -0.05) is 37.3 Å². The number of piperidine rings is 1. The number of nitrogens with two attached hydrogens (primary N) is 1. The third-order valence-corrected chi connectivity index (χ3v) is 7.08. The molecule has 0 aliphatic carbocycles. The Morgan fingerprint density at radius 2 is 1.77 bits per heavy atom. The van der Waals surface area contributed by atoms with Crippen LogP contribution in [0.15, 0.2) is 71.2 Å². The number of ether oxygens (including phenoxy) is 2. The fourth-order valence-electron chi connectivity index (χ4n) is 5.30. The van der Waals surface area contributed by atoms with Gasteiger partial charge >= 0.3 is 17.9 Å². The monoisotopic (exact) mass is 530 g/mol. The van der Waals surface area contributed by atoms with Gasteiger partial charge in [-0.05, 0) is 42.5 Å². The average molecular weight is 531 g/mol. The Hall–Kier alpha value is -4.78. The van der Waals surface area contributed by atoms with Crippen LogP contribution in [0.1, 0.15) is 41.6 Å². The molecule has 2 aromatic carbocycles. The molecular formula is C29H30N4O6. The Morgan fingerprint density at radius 3 is 2.36 bits per heavy atom. The first kappa shape index (κ1) is 27.3. The van der Waals surface area contributed by atoms with Crippen LogP contribution in [0.2, 0.25) is 0 Å². The molecule has 1 saturated heterocycles. The van der Waals surface area contributed by atoms with Crippen molar-refractivity contribution in [2.45, 2.75) is 25.7 Å². The average Bonchev–Trinajstić information content (AvgIpc) is 2.95. The van der Waals surface area contributed by atoms with E-state index in [-0.39, 0.29) is 33.9 Å². The molecule has 2 unspecified atom stereocenters. The van der Waals surface area contributed by atoms with E-state index in [0.717, 1.165) is 20.0 Å². The van der Waals surface area contributed by atoms with E-state index < -0.39 is 23.8 Å². The number of nitrogens with zero attached hydrogens (tertiary/aromatic N) is 3. The third-order valence-electron chi connectivity index (χ3n) is 7.08. The zero-order valence-electron chi connectivity index (χ0n) is 22.0. The SMILES string of the molecule is COC(=O)C1=C(C(=O)OC)N(c2ccc(N3CCCC(C)C3)c(C(=O)O)c2)C(N)=C(C#N)C1c1ccccc1. The maximum absolute atomic E-state index is 13.3. The second-order valence-electron chi connectivity index (χ2n) is 9.54. The number of esters is 2. The van der Waals surface area contributed by atoms with Gasteiger partial charge in [-0.3, -0.25) is 4.90 Å². The topological polar surface area (TPSA) is 146 Å². The van der Waals surface area contributed by atoms with Crippen molar-refractivity contribution in [3.8, 4) is 6.07 Å². The molecule has 2 aliphatic heterocycles. The minimum atomic E-state index is -1.16. The molecule has 2 aliphatic rings. The number of allylic oxidation sites excluding steroid dienone is 1. The van der Waals surface area contributed by atoms with E-state index in [0.29, 0.717) is 30.3 Å². The van der Waals surface area contributed by atoms with Gasteiger partial charge in [-0.25, -0.2) is 14.4 Å². The van der Waals surface area contributed by atoms with E-state index in [4.69, 9.17) is 15.2 Å². The summed E-state index contributed by atoms with van der Waals surface area (Å²) < 4.78 is 10.1. The Morgan fingerprint density at radius 1 is 1.08 bits per heavy atom. The van der Waals surface area contributed by atoms with Gasteiger partial charge in [-0.15, -0.1) is 0 Å². The highest BCUT2D eigenvalue weighted by Crippen LogP contribution is 2.44. The van der Waals surface area contributed by atoms with E-state index in [9.17, 15) is 24.8 Å². The summed E-state index contributed by atoms with van der Waals surface area (Å²) in [5.41, 5.74) is 7.39. The Labute approximate surface area is 226 Å². The maximum Gasteiger partial charge on any atom is 0.355 e. The minimum Gasteiger partial charge on any atom is -0.478 e. The zero-order chi connectivity index (χ0) is 28.3. The van der Waals surface area contributed by atoms with Crippen LogP contribution in [0.5, 0.6) is 0 Å².